The third-order valence-corrected chi connectivity index (χ3v) is 2.18. The molecule has 1 rings (SSSR count). The second-order valence-electron chi connectivity index (χ2n) is 3.91. The highest BCUT2D eigenvalue weighted by atomic mass is 16.5. The Hall–Kier alpha value is -1.79. The lowest BCUT2D eigenvalue weighted by Crippen LogP contribution is -2.22. The number of hydrogen-bond donors (Lipinski definition) is 1. The second kappa shape index (κ2) is 4.82. The first-order valence-corrected chi connectivity index (χ1v) is 4.89. The fourth-order valence-corrected chi connectivity index (χ4v) is 1.15. The van der Waals surface area contributed by atoms with Gasteiger partial charge in [-0.05, 0) is 25.5 Å². The fraction of sp³-hybridized carbons (Fsp3) is 0.308. The Labute approximate surface area is 95.1 Å². The number of rotatable bonds is 4. The van der Waals surface area contributed by atoms with Crippen molar-refractivity contribution in [3.05, 3.63) is 35.4 Å². The van der Waals surface area contributed by atoms with Gasteiger partial charge in [0.05, 0.1) is 12.2 Å². The molecular formula is C13H14O3. The minimum atomic E-state index is -0.960. The number of hydrogen-bond acceptors (Lipinski definition) is 2. The molecule has 0 aliphatic carbocycles. The van der Waals surface area contributed by atoms with Crippen LogP contribution in [-0.2, 0) is 11.3 Å². The quantitative estimate of drug-likeness (QED) is 0.789. The molecule has 0 saturated carbocycles. The van der Waals surface area contributed by atoms with E-state index in [-0.39, 0.29) is 12.2 Å². The summed E-state index contributed by atoms with van der Waals surface area (Å²) >= 11 is 0. The van der Waals surface area contributed by atoms with Crippen LogP contribution in [0.25, 0.3) is 0 Å². The molecule has 0 atom stereocenters. The average molecular weight is 218 g/mol. The average Bonchev–Trinajstić information content (AvgIpc) is 2.27. The monoisotopic (exact) mass is 218 g/mol. The van der Waals surface area contributed by atoms with Crippen LogP contribution in [0.2, 0.25) is 0 Å². The highest BCUT2D eigenvalue weighted by Gasteiger charge is 2.16. The Balaban J connectivity index is 2.83. The molecule has 0 heterocycles. The zero-order chi connectivity index (χ0) is 12.2. The molecule has 0 aliphatic rings. The summed E-state index contributed by atoms with van der Waals surface area (Å²) < 4.78 is 5.46. The van der Waals surface area contributed by atoms with Gasteiger partial charge in [0.15, 0.2) is 0 Å². The normalized spacial score (nSPS) is 10.8. The Bertz CT molecular complexity index is 427. The number of carboxylic acid groups (broad SMARTS) is 1. The Morgan fingerprint density at radius 3 is 2.69 bits per heavy atom. The van der Waals surface area contributed by atoms with E-state index in [0.29, 0.717) is 5.56 Å². The second-order valence-corrected chi connectivity index (χ2v) is 3.91. The number of ether oxygens (including phenoxy) is 1. The van der Waals surface area contributed by atoms with Crippen LogP contribution in [0.15, 0.2) is 24.3 Å². The maximum absolute atomic E-state index is 10.9. The van der Waals surface area contributed by atoms with Crippen LogP contribution in [0.5, 0.6) is 0 Å². The molecule has 1 aromatic carbocycles. The fourth-order valence-electron chi connectivity index (χ4n) is 1.15. The standard InChI is InChI=1S/C13H14O3/c1-4-13(2,3)16-9-10-7-5-6-8-11(10)12(14)15/h1,5-8H,9H2,2-3H3,(H,14,15). The van der Waals surface area contributed by atoms with Crippen molar-refractivity contribution in [1.29, 1.82) is 0 Å². The van der Waals surface area contributed by atoms with Crippen molar-refractivity contribution < 1.29 is 14.6 Å². The molecule has 84 valence electrons. The van der Waals surface area contributed by atoms with Crippen molar-refractivity contribution in [3.63, 3.8) is 0 Å². The van der Waals surface area contributed by atoms with E-state index in [1.807, 2.05) is 0 Å². The lowest BCUT2D eigenvalue weighted by atomic mass is 10.1. The molecule has 0 aliphatic heterocycles. The molecule has 0 radical (unpaired) electrons. The van der Waals surface area contributed by atoms with E-state index in [1.165, 1.54) is 0 Å². The number of carbonyl (C=O) groups is 1. The Morgan fingerprint density at radius 1 is 1.50 bits per heavy atom. The van der Waals surface area contributed by atoms with Crippen LogP contribution in [-0.4, -0.2) is 16.7 Å². The van der Waals surface area contributed by atoms with Crippen LogP contribution in [0.1, 0.15) is 29.8 Å². The van der Waals surface area contributed by atoms with Crippen molar-refractivity contribution >= 4 is 5.97 Å². The summed E-state index contributed by atoms with van der Waals surface area (Å²) in [7, 11) is 0. The summed E-state index contributed by atoms with van der Waals surface area (Å²) in [5.41, 5.74) is 0.180. The van der Waals surface area contributed by atoms with E-state index in [1.54, 1.807) is 38.1 Å². The summed E-state index contributed by atoms with van der Waals surface area (Å²) in [6, 6.07) is 6.72. The van der Waals surface area contributed by atoms with Gasteiger partial charge in [0.2, 0.25) is 0 Å². The van der Waals surface area contributed by atoms with Crippen molar-refractivity contribution in [2.75, 3.05) is 0 Å². The van der Waals surface area contributed by atoms with Crippen molar-refractivity contribution in [2.45, 2.75) is 26.1 Å². The van der Waals surface area contributed by atoms with E-state index in [2.05, 4.69) is 5.92 Å². The van der Waals surface area contributed by atoms with Gasteiger partial charge in [-0.1, -0.05) is 24.1 Å². The van der Waals surface area contributed by atoms with Gasteiger partial charge in [-0.3, -0.25) is 0 Å². The van der Waals surface area contributed by atoms with Crippen molar-refractivity contribution in [2.24, 2.45) is 0 Å². The van der Waals surface area contributed by atoms with Gasteiger partial charge in [-0.2, -0.15) is 0 Å². The molecule has 0 saturated heterocycles. The number of aromatic carboxylic acids is 1. The molecule has 0 bridgehead atoms. The summed E-state index contributed by atoms with van der Waals surface area (Å²) in [5.74, 6) is 1.53. The Kier molecular flexibility index (Phi) is 3.70. The summed E-state index contributed by atoms with van der Waals surface area (Å²) in [6.45, 7) is 3.71. The summed E-state index contributed by atoms with van der Waals surface area (Å²) in [4.78, 5) is 10.9. The smallest absolute Gasteiger partial charge is 0.336 e. The van der Waals surface area contributed by atoms with Gasteiger partial charge < -0.3 is 9.84 Å². The first-order chi connectivity index (χ1) is 7.46. The minimum absolute atomic E-state index is 0.194. The number of terminal acetylenes is 1. The first kappa shape index (κ1) is 12.3. The maximum Gasteiger partial charge on any atom is 0.336 e. The molecule has 0 fully saturated rings. The molecule has 1 N–H and O–H groups in total. The van der Waals surface area contributed by atoms with Gasteiger partial charge in [-0.15, -0.1) is 6.42 Å². The SMILES string of the molecule is C#CC(C)(C)OCc1ccccc1C(=O)O. The summed E-state index contributed by atoms with van der Waals surface area (Å²) in [5, 5.41) is 8.96. The third kappa shape index (κ3) is 3.11. The Morgan fingerprint density at radius 2 is 2.12 bits per heavy atom. The highest BCUT2D eigenvalue weighted by Crippen LogP contribution is 2.15. The predicted octanol–water partition coefficient (Wildman–Crippen LogP) is 2.31. The van der Waals surface area contributed by atoms with Crippen LogP contribution < -0.4 is 0 Å². The molecule has 1 aromatic rings. The topological polar surface area (TPSA) is 46.5 Å². The molecule has 3 nitrogen and oxygen atoms in total. The van der Waals surface area contributed by atoms with Crippen molar-refractivity contribution in [3.8, 4) is 12.3 Å². The molecule has 16 heavy (non-hydrogen) atoms. The van der Waals surface area contributed by atoms with Gasteiger partial charge in [0.25, 0.3) is 0 Å². The summed E-state index contributed by atoms with van der Waals surface area (Å²) in [6.07, 6.45) is 5.28. The number of benzene rings is 1. The van der Waals surface area contributed by atoms with E-state index >= 15 is 0 Å². The lowest BCUT2D eigenvalue weighted by molar-refractivity contribution is 0.0138. The molecule has 0 amide bonds. The van der Waals surface area contributed by atoms with E-state index in [4.69, 9.17) is 16.3 Å². The van der Waals surface area contributed by atoms with E-state index < -0.39 is 11.6 Å². The maximum atomic E-state index is 10.9. The van der Waals surface area contributed by atoms with Gasteiger partial charge in [-0.25, -0.2) is 4.79 Å². The zero-order valence-corrected chi connectivity index (χ0v) is 9.36. The first-order valence-electron chi connectivity index (χ1n) is 4.89. The van der Waals surface area contributed by atoms with Gasteiger partial charge in [0.1, 0.15) is 5.60 Å². The van der Waals surface area contributed by atoms with Crippen LogP contribution >= 0.6 is 0 Å². The molecule has 0 aromatic heterocycles. The largest absolute Gasteiger partial charge is 0.478 e. The minimum Gasteiger partial charge on any atom is -0.478 e. The van der Waals surface area contributed by atoms with E-state index in [9.17, 15) is 4.79 Å². The third-order valence-electron chi connectivity index (χ3n) is 2.18. The van der Waals surface area contributed by atoms with Crippen LogP contribution in [0, 0.1) is 12.3 Å². The van der Waals surface area contributed by atoms with Crippen LogP contribution in [0.4, 0.5) is 0 Å². The molecule has 3 heteroatoms. The van der Waals surface area contributed by atoms with Gasteiger partial charge in [0, 0.05) is 0 Å². The molecular weight excluding hydrogens is 204 g/mol. The highest BCUT2D eigenvalue weighted by molar-refractivity contribution is 5.89. The predicted molar refractivity (Wildman–Crippen MR) is 61.1 cm³/mol. The number of carboxylic acids is 1. The lowest BCUT2D eigenvalue weighted by Gasteiger charge is -2.19. The van der Waals surface area contributed by atoms with Crippen molar-refractivity contribution in [1.82, 2.24) is 0 Å². The van der Waals surface area contributed by atoms with Gasteiger partial charge >= 0.3 is 5.97 Å². The molecule has 0 spiro atoms. The molecule has 0 unspecified atom stereocenters. The van der Waals surface area contributed by atoms with E-state index in [0.717, 1.165) is 0 Å². The zero-order valence-electron chi connectivity index (χ0n) is 9.36. The van der Waals surface area contributed by atoms with Crippen LogP contribution in [0.3, 0.4) is 0 Å².